The van der Waals surface area contributed by atoms with Crippen LogP contribution in [0.1, 0.15) is 36.1 Å². The maximum atomic E-state index is 13.7. The smallest absolute Gasteiger partial charge is 0.171 e. The summed E-state index contributed by atoms with van der Waals surface area (Å²) in [6.45, 7) is 6.11. The molecule has 0 heterocycles. The zero-order chi connectivity index (χ0) is 17.0. The second-order valence-corrected chi connectivity index (χ2v) is 5.92. The van der Waals surface area contributed by atoms with Crippen molar-refractivity contribution in [2.45, 2.75) is 33.2 Å². The molecule has 0 saturated carbocycles. The Balaban J connectivity index is 2.14. The van der Waals surface area contributed by atoms with Crippen LogP contribution in [0.5, 0.6) is 0 Å². The number of para-hydroxylation sites is 1. The van der Waals surface area contributed by atoms with Crippen molar-refractivity contribution in [3.63, 3.8) is 0 Å². The van der Waals surface area contributed by atoms with Crippen molar-refractivity contribution in [1.82, 2.24) is 5.32 Å². The van der Waals surface area contributed by atoms with Crippen molar-refractivity contribution in [3.05, 3.63) is 64.7 Å². The van der Waals surface area contributed by atoms with Crippen molar-refractivity contribution >= 4 is 23.0 Å². The number of rotatable bonds is 4. The zero-order valence-corrected chi connectivity index (χ0v) is 14.2. The summed E-state index contributed by atoms with van der Waals surface area (Å²) in [5, 5.41) is 5.94. The van der Waals surface area contributed by atoms with Crippen molar-refractivity contribution in [2.24, 2.45) is 0 Å². The Kier molecular flexibility index (Phi) is 5.66. The molecule has 0 aliphatic heterocycles. The van der Waals surface area contributed by atoms with E-state index in [1.165, 1.54) is 23.8 Å². The molecular weight excluding hydrogens is 314 g/mol. The van der Waals surface area contributed by atoms with Gasteiger partial charge in [-0.3, -0.25) is 0 Å². The summed E-state index contributed by atoms with van der Waals surface area (Å²) < 4.78 is 27.3. The summed E-state index contributed by atoms with van der Waals surface area (Å²) in [4.78, 5) is 0. The molecule has 0 radical (unpaired) electrons. The highest BCUT2D eigenvalue weighted by molar-refractivity contribution is 7.80. The molecule has 0 fully saturated rings. The molecular formula is C18H20F2N2S. The van der Waals surface area contributed by atoms with Crippen LogP contribution in [0.25, 0.3) is 0 Å². The third-order valence-corrected chi connectivity index (χ3v) is 3.94. The average molecular weight is 334 g/mol. The number of anilines is 1. The fraction of sp³-hybridized carbons (Fsp3) is 0.278. The number of hydrogen-bond donors (Lipinski definition) is 2. The van der Waals surface area contributed by atoms with Crippen molar-refractivity contribution < 1.29 is 8.78 Å². The predicted molar refractivity (Wildman–Crippen MR) is 94.7 cm³/mol. The van der Waals surface area contributed by atoms with E-state index in [2.05, 4.69) is 22.8 Å². The average Bonchev–Trinajstić information content (AvgIpc) is 2.49. The van der Waals surface area contributed by atoms with Gasteiger partial charge in [0.25, 0.3) is 0 Å². The Morgan fingerprint density at radius 2 is 1.78 bits per heavy atom. The number of thiocarbonyl (C=S) groups is 1. The first-order valence-electron chi connectivity index (χ1n) is 7.51. The molecule has 0 saturated heterocycles. The van der Waals surface area contributed by atoms with Crippen molar-refractivity contribution in [3.8, 4) is 0 Å². The monoisotopic (exact) mass is 334 g/mol. The molecule has 2 nitrogen and oxygen atoms in total. The SMILES string of the molecule is CC[C@H](NC(=S)Nc1c(F)cccc1F)c1ccc(C)cc1C. The van der Waals surface area contributed by atoms with Gasteiger partial charge in [-0.1, -0.05) is 36.8 Å². The van der Waals surface area contributed by atoms with Crippen LogP contribution in [0.4, 0.5) is 14.5 Å². The van der Waals surface area contributed by atoms with Gasteiger partial charge in [-0.25, -0.2) is 8.78 Å². The lowest BCUT2D eigenvalue weighted by molar-refractivity contribution is 0.589. The van der Waals surface area contributed by atoms with Crippen LogP contribution in [0.15, 0.2) is 36.4 Å². The summed E-state index contributed by atoms with van der Waals surface area (Å²) in [5.41, 5.74) is 3.23. The summed E-state index contributed by atoms with van der Waals surface area (Å²) in [7, 11) is 0. The summed E-state index contributed by atoms with van der Waals surface area (Å²) in [5.74, 6) is -1.34. The molecule has 23 heavy (non-hydrogen) atoms. The van der Waals surface area contributed by atoms with Crippen LogP contribution in [0.2, 0.25) is 0 Å². The Hall–Kier alpha value is -2.01. The van der Waals surface area contributed by atoms with Gasteiger partial charge in [0.2, 0.25) is 0 Å². The third kappa shape index (κ3) is 4.26. The molecule has 0 aromatic heterocycles. The number of nitrogens with one attached hydrogen (secondary N) is 2. The first kappa shape index (κ1) is 17.3. The molecule has 1 atom stereocenters. The van der Waals surface area contributed by atoms with E-state index in [1.807, 2.05) is 26.8 Å². The lowest BCUT2D eigenvalue weighted by atomic mass is 9.98. The van der Waals surface area contributed by atoms with Gasteiger partial charge in [0.1, 0.15) is 17.3 Å². The Morgan fingerprint density at radius 3 is 2.35 bits per heavy atom. The van der Waals surface area contributed by atoms with E-state index in [9.17, 15) is 8.78 Å². The maximum Gasteiger partial charge on any atom is 0.171 e. The molecule has 0 aliphatic carbocycles. The molecule has 0 amide bonds. The second-order valence-electron chi connectivity index (χ2n) is 5.52. The highest BCUT2D eigenvalue weighted by Gasteiger charge is 2.15. The Bertz CT molecular complexity index is 696. The predicted octanol–water partition coefficient (Wildman–Crippen LogP) is 5.02. The van der Waals surface area contributed by atoms with E-state index in [0.717, 1.165) is 17.5 Å². The standard InChI is InChI=1S/C18H20F2N2S/c1-4-16(13-9-8-11(2)10-12(13)3)21-18(23)22-17-14(19)6-5-7-15(17)20/h5-10,16H,4H2,1-3H3,(H2,21,22,23)/t16-/m0/s1. The molecule has 5 heteroatoms. The maximum absolute atomic E-state index is 13.7. The van der Waals surface area contributed by atoms with E-state index in [0.29, 0.717) is 0 Å². The molecule has 0 aliphatic rings. The Labute approximate surface area is 140 Å². The van der Waals surface area contributed by atoms with Gasteiger partial charge in [0.15, 0.2) is 5.11 Å². The van der Waals surface area contributed by atoms with E-state index in [1.54, 1.807) is 0 Å². The number of halogens is 2. The highest BCUT2D eigenvalue weighted by atomic mass is 32.1. The molecule has 2 rings (SSSR count). The number of benzene rings is 2. The Morgan fingerprint density at radius 1 is 1.13 bits per heavy atom. The quantitative estimate of drug-likeness (QED) is 0.768. The fourth-order valence-electron chi connectivity index (χ4n) is 2.54. The normalized spacial score (nSPS) is 11.9. The second kappa shape index (κ2) is 7.51. The molecule has 2 N–H and O–H groups in total. The lowest BCUT2D eigenvalue weighted by Gasteiger charge is -2.22. The van der Waals surface area contributed by atoms with Crippen LogP contribution < -0.4 is 10.6 Å². The fourth-order valence-corrected chi connectivity index (χ4v) is 2.79. The van der Waals surface area contributed by atoms with Crippen molar-refractivity contribution in [1.29, 1.82) is 0 Å². The van der Waals surface area contributed by atoms with Crippen LogP contribution >= 0.6 is 12.2 Å². The highest BCUT2D eigenvalue weighted by Crippen LogP contribution is 2.23. The van der Waals surface area contributed by atoms with E-state index >= 15 is 0 Å². The minimum Gasteiger partial charge on any atom is -0.356 e. The minimum atomic E-state index is -0.672. The van der Waals surface area contributed by atoms with Gasteiger partial charge in [0.05, 0.1) is 6.04 Å². The first-order valence-corrected chi connectivity index (χ1v) is 7.92. The first-order chi connectivity index (χ1) is 10.9. The summed E-state index contributed by atoms with van der Waals surface area (Å²) in [6.07, 6.45) is 0.797. The van der Waals surface area contributed by atoms with Crippen LogP contribution in [0.3, 0.4) is 0 Å². The molecule has 0 spiro atoms. The molecule has 2 aromatic carbocycles. The van der Waals surface area contributed by atoms with Gasteiger partial charge < -0.3 is 10.6 Å². The molecule has 2 aromatic rings. The van der Waals surface area contributed by atoms with Gasteiger partial charge in [0, 0.05) is 0 Å². The van der Waals surface area contributed by atoms with Crippen LogP contribution in [-0.2, 0) is 0 Å². The minimum absolute atomic E-state index is 0.0227. The summed E-state index contributed by atoms with van der Waals surface area (Å²) >= 11 is 5.21. The lowest BCUT2D eigenvalue weighted by Crippen LogP contribution is -2.33. The molecule has 0 unspecified atom stereocenters. The van der Waals surface area contributed by atoms with Gasteiger partial charge in [-0.15, -0.1) is 0 Å². The molecule has 0 bridgehead atoms. The van der Waals surface area contributed by atoms with Crippen molar-refractivity contribution in [2.75, 3.05) is 5.32 Å². The third-order valence-electron chi connectivity index (χ3n) is 3.72. The summed E-state index contributed by atoms with van der Waals surface area (Å²) in [6, 6.07) is 9.87. The number of hydrogen-bond acceptors (Lipinski definition) is 1. The topological polar surface area (TPSA) is 24.1 Å². The van der Waals surface area contributed by atoms with Gasteiger partial charge in [-0.2, -0.15) is 0 Å². The van der Waals surface area contributed by atoms with E-state index < -0.39 is 11.6 Å². The van der Waals surface area contributed by atoms with Crippen LogP contribution in [0, 0.1) is 25.5 Å². The van der Waals surface area contributed by atoms with Gasteiger partial charge >= 0.3 is 0 Å². The van der Waals surface area contributed by atoms with E-state index in [-0.39, 0.29) is 16.8 Å². The van der Waals surface area contributed by atoms with Crippen LogP contribution in [-0.4, -0.2) is 5.11 Å². The number of aryl methyl sites for hydroxylation is 2. The van der Waals surface area contributed by atoms with E-state index in [4.69, 9.17) is 12.2 Å². The molecule has 122 valence electrons. The largest absolute Gasteiger partial charge is 0.356 e. The zero-order valence-electron chi connectivity index (χ0n) is 13.4. The van der Waals surface area contributed by atoms with Gasteiger partial charge in [-0.05, 0) is 55.7 Å².